The third kappa shape index (κ3) is 11.7. The van der Waals surface area contributed by atoms with Gasteiger partial charge < -0.3 is 54.5 Å². The fourth-order valence-electron chi connectivity index (χ4n) is 9.03. The summed E-state index contributed by atoms with van der Waals surface area (Å²) in [6, 6.07) is 18.6. The van der Waals surface area contributed by atoms with Gasteiger partial charge in [0.1, 0.15) is 5.82 Å². The molecule has 73 heavy (non-hydrogen) atoms. The minimum atomic E-state index is -0.674. The predicted molar refractivity (Wildman–Crippen MR) is 270 cm³/mol. The maximum atomic E-state index is 14.9. The first-order valence-electron chi connectivity index (χ1n) is 24.5. The number of aliphatic hydroxyl groups excluding tert-OH is 2. The third-order valence-electron chi connectivity index (χ3n) is 12.8. The van der Waals surface area contributed by atoms with Crippen molar-refractivity contribution in [2.75, 3.05) is 114 Å². The van der Waals surface area contributed by atoms with Gasteiger partial charge >= 0.3 is 12.1 Å². The number of hydrazine groups is 1. The second-order valence-corrected chi connectivity index (χ2v) is 17.6. The average Bonchev–Trinajstić information content (AvgIpc) is 3.89. The molecule has 0 radical (unpaired) electrons. The van der Waals surface area contributed by atoms with Gasteiger partial charge in [-0.2, -0.15) is 34.9 Å². The molecule has 4 aliphatic rings. The smallest absolute Gasteiger partial charge is 0.345 e. The van der Waals surface area contributed by atoms with Gasteiger partial charge in [0.2, 0.25) is 17.8 Å². The molecule has 23 nitrogen and oxygen atoms in total. The standard InChI is InChI=1S/C50H57N15O8/c66-32-40-10-11-41(33-67)63(40)48-59-45(58-47(60-48)62-24-30-71-31-25-62)35-4-8-39(9-5-35)65(50(69)54-37-16-20-52-21-17-37)64(49(68)53-36-14-18-51-19-15-36)38-6-2-34(3-7-38)44-55-42(12-13-43-72-26-1-27-73-43)56-46(57-44)61-22-28-70-29-23-61/h2-9,14-21,40-41,43,66-67H,1,10-13,22-33H2,(H,51,53,68)(H,52,54,69). The summed E-state index contributed by atoms with van der Waals surface area (Å²) in [5.74, 6) is 2.65. The number of rotatable bonds is 14. The maximum absolute atomic E-state index is 14.9. The van der Waals surface area contributed by atoms with E-state index in [0.29, 0.717) is 161 Å². The predicted octanol–water partition coefficient (Wildman–Crippen LogP) is 4.56. The largest absolute Gasteiger partial charge is 0.394 e. The van der Waals surface area contributed by atoms with Crippen molar-refractivity contribution in [1.82, 2.24) is 39.9 Å². The van der Waals surface area contributed by atoms with Crippen LogP contribution in [-0.4, -0.2) is 160 Å². The fraction of sp³-hybridized carbons (Fsp3) is 0.400. The molecule has 2 atom stereocenters. The highest BCUT2D eigenvalue weighted by atomic mass is 16.7. The SMILES string of the molecule is O=C(Nc1ccncc1)N(c1ccc(-c2nc(CCC3OCCCO3)nc(N3CCOCC3)n2)cc1)N(C(=O)Nc1ccncc1)c1ccc(-c2nc(N3CCOCC3)nc(N3C(CO)CCC3CO)n2)cc1. The van der Waals surface area contributed by atoms with E-state index in [1.54, 1.807) is 97.6 Å². The van der Waals surface area contributed by atoms with Crippen LogP contribution in [0, 0.1) is 0 Å². The molecular formula is C50H57N15O8. The lowest BCUT2D eigenvalue weighted by Crippen LogP contribution is -2.53. The number of amides is 4. The van der Waals surface area contributed by atoms with Crippen molar-refractivity contribution in [2.45, 2.75) is 50.5 Å². The second kappa shape index (κ2) is 23.3. The zero-order valence-corrected chi connectivity index (χ0v) is 40.1. The molecule has 0 saturated carbocycles. The summed E-state index contributed by atoms with van der Waals surface area (Å²) in [7, 11) is 0. The number of carbonyl (C=O) groups is 2. The Balaban J connectivity index is 1.03. The molecule has 23 heteroatoms. The third-order valence-corrected chi connectivity index (χ3v) is 12.8. The van der Waals surface area contributed by atoms with E-state index in [-0.39, 0.29) is 31.6 Å². The number of nitrogens with zero attached hydrogens (tertiary/aromatic N) is 13. The number of aryl methyl sites for hydroxylation is 1. The number of nitrogens with one attached hydrogen (secondary N) is 2. The summed E-state index contributed by atoms with van der Waals surface area (Å²) in [6.45, 7) is 5.47. The highest BCUT2D eigenvalue weighted by molar-refractivity contribution is 6.13. The van der Waals surface area contributed by atoms with Gasteiger partial charge in [0.15, 0.2) is 17.9 Å². The van der Waals surface area contributed by atoms with Gasteiger partial charge in [0, 0.05) is 86.3 Å². The van der Waals surface area contributed by atoms with Crippen molar-refractivity contribution in [3.05, 3.63) is 103 Å². The van der Waals surface area contributed by atoms with Crippen LogP contribution in [0.2, 0.25) is 0 Å². The first kappa shape index (κ1) is 49.1. The van der Waals surface area contributed by atoms with E-state index < -0.39 is 12.1 Å². The Kier molecular flexibility index (Phi) is 15.7. The molecule has 4 N–H and O–H groups in total. The van der Waals surface area contributed by atoms with Crippen LogP contribution in [0.1, 0.15) is 31.5 Å². The molecule has 4 saturated heterocycles. The normalized spacial score (nSPS) is 18.4. The summed E-state index contributed by atoms with van der Waals surface area (Å²) < 4.78 is 22.9. The van der Waals surface area contributed by atoms with Crippen molar-refractivity contribution < 1.29 is 38.7 Å². The van der Waals surface area contributed by atoms with E-state index in [1.807, 2.05) is 9.80 Å². The van der Waals surface area contributed by atoms with Gasteiger partial charge in [-0.3, -0.25) is 9.97 Å². The van der Waals surface area contributed by atoms with Gasteiger partial charge in [0.25, 0.3) is 0 Å². The summed E-state index contributed by atoms with van der Waals surface area (Å²) in [6.07, 6.45) is 9.12. The van der Waals surface area contributed by atoms with Gasteiger partial charge in [-0.1, -0.05) is 0 Å². The molecule has 0 aliphatic carbocycles. The molecule has 2 aromatic carbocycles. The lowest BCUT2D eigenvalue weighted by Gasteiger charge is -2.35. The summed E-state index contributed by atoms with van der Waals surface area (Å²) in [4.78, 5) is 73.3. The molecule has 10 rings (SSSR count). The fourth-order valence-corrected chi connectivity index (χ4v) is 9.03. The molecule has 0 spiro atoms. The molecule has 380 valence electrons. The monoisotopic (exact) mass is 995 g/mol. The molecule has 6 aromatic rings. The number of morpholine rings is 2. The Labute approximate surface area is 421 Å². The molecule has 4 aromatic heterocycles. The number of ether oxygens (including phenoxy) is 4. The van der Waals surface area contributed by atoms with E-state index in [2.05, 4.69) is 25.5 Å². The minimum Gasteiger partial charge on any atom is -0.394 e. The van der Waals surface area contributed by atoms with E-state index in [1.165, 1.54) is 10.0 Å². The van der Waals surface area contributed by atoms with E-state index >= 15 is 0 Å². The zero-order valence-electron chi connectivity index (χ0n) is 40.1. The van der Waals surface area contributed by atoms with Crippen LogP contribution in [0.4, 0.5) is 50.2 Å². The molecule has 4 fully saturated rings. The van der Waals surface area contributed by atoms with Crippen molar-refractivity contribution in [3.8, 4) is 22.8 Å². The Morgan fingerprint density at radius 1 is 0.562 bits per heavy atom. The van der Waals surface area contributed by atoms with Crippen LogP contribution in [0.5, 0.6) is 0 Å². The van der Waals surface area contributed by atoms with Crippen molar-refractivity contribution in [3.63, 3.8) is 0 Å². The summed E-state index contributed by atoms with van der Waals surface area (Å²) in [5, 5.41) is 29.1. The molecule has 2 unspecified atom stereocenters. The van der Waals surface area contributed by atoms with Crippen LogP contribution in [0.3, 0.4) is 0 Å². The quantitative estimate of drug-likeness (QED) is 0.109. The number of benzene rings is 2. The van der Waals surface area contributed by atoms with E-state index in [9.17, 15) is 19.8 Å². The van der Waals surface area contributed by atoms with Crippen molar-refractivity contribution in [2.24, 2.45) is 0 Å². The number of urea groups is 2. The number of hydrogen-bond donors (Lipinski definition) is 4. The van der Waals surface area contributed by atoms with Crippen LogP contribution < -0.4 is 35.4 Å². The second-order valence-electron chi connectivity index (χ2n) is 17.6. The first-order valence-corrected chi connectivity index (χ1v) is 24.5. The van der Waals surface area contributed by atoms with Crippen LogP contribution in [-0.2, 0) is 25.4 Å². The number of aliphatic hydroxyl groups is 2. The maximum Gasteiger partial charge on any atom is 0.345 e. The number of carbonyl (C=O) groups excluding carboxylic acids is 2. The Hall–Kier alpha value is -7.54. The molecule has 0 bridgehead atoms. The van der Waals surface area contributed by atoms with Crippen LogP contribution >= 0.6 is 0 Å². The number of pyridine rings is 2. The lowest BCUT2D eigenvalue weighted by atomic mass is 10.1. The Morgan fingerprint density at radius 2 is 1.01 bits per heavy atom. The first-order chi connectivity index (χ1) is 35.9. The number of hydrogen-bond acceptors (Lipinski definition) is 19. The molecule has 4 amide bonds. The lowest BCUT2D eigenvalue weighted by molar-refractivity contribution is -0.180. The van der Waals surface area contributed by atoms with Crippen LogP contribution in [0.15, 0.2) is 97.6 Å². The van der Waals surface area contributed by atoms with Crippen molar-refractivity contribution >= 4 is 52.7 Å². The van der Waals surface area contributed by atoms with E-state index in [4.69, 9.17) is 48.9 Å². The average molecular weight is 996 g/mol. The topological polar surface area (TPSA) is 255 Å². The van der Waals surface area contributed by atoms with Gasteiger partial charge in [-0.25, -0.2) is 14.6 Å². The Bertz CT molecular complexity index is 2760. The highest BCUT2D eigenvalue weighted by Gasteiger charge is 2.36. The highest BCUT2D eigenvalue weighted by Crippen LogP contribution is 2.33. The zero-order chi connectivity index (χ0) is 49.9. The number of aromatic nitrogens is 8. The molecule has 4 aliphatic heterocycles. The van der Waals surface area contributed by atoms with Crippen LogP contribution in [0.25, 0.3) is 22.8 Å². The van der Waals surface area contributed by atoms with Gasteiger partial charge in [-0.15, -0.1) is 0 Å². The van der Waals surface area contributed by atoms with Gasteiger partial charge in [0.05, 0.1) is 76.3 Å². The number of anilines is 7. The van der Waals surface area contributed by atoms with Gasteiger partial charge in [-0.05, 0) is 92.1 Å². The summed E-state index contributed by atoms with van der Waals surface area (Å²) in [5.41, 5.74) is 2.73. The Morgan fingerprint density at radius 3 is 1.49 bits per heavy atom. The summed E-state index contributed by atoms with van der Waals surface area (Å²) >= 11 is 0. The minimum absolute atomic E-state index is 0.133. The van der Waals surface area contributed by atoms with Crippen molar-refractivity contribution in [1.29, 1.82) is 0 Å². The molecule has 8 heterocycles. The van der Waals surface area contributed by atoms with E-state index in [0.717, 1.165) is 6.42 Å². The molecular weight excluding hydrogens is 939 g/mol.